The van der Waals surface area contributed by atoms with Gasteiger partial charge in [-0.1, -0.05) is 13.8 Å². The zero-order valence-corrected chi connectivity index (χ0v) is 14.1. The van der Waals surface area contributed by atoms with Crippen molar-refractivity contribution in [1.29, 1.82) is 0 Å². The second kappa shape index (κ2) is 6.24. The Morgan fingerprint density at radius 1 is 1.10 bits per heavy atom. The maximum Gasteiger partial charge on any atom is 0.241 e. The summed E-state index contributed by atoms with van der Waals surface area (Å²) >= 11 is 0. The van der Waals surface area contributed by atoms with Crippen molar-refractivity contribution in [1.82, 2.24) is 10.6 Å². The fraction of sp³-hybridized carbons (Fsp3) is 0.933. The summed E-state index contributed by atoms with van der Waals surface area (Å²) < 4.78 is 23.2. The molecule has 1 aliphatic carbocycles. The first-order chi connectivity index (χ1) is 9.74. The first kappa shape index (κ1) is 16.7. The number of sulfone groups is 1. The van der Waals surface area contributed by atoms with Gasteiger partial charge in [-0.15, -0.1) is 0 Å². The molecular formula is C15H28N2O3S. The normalized spacial score (nSPS) is 33.4. The molecule has 2 unspecified atom stereocenters. The van der Waals surface area contributed by atoms with Crippen LogP contribution in [0.2, 0.25) is 0 Å². The van der Waals surface area contributed by atoms with Gasteiger partial charge in [0.15, 0.2) is 14.6 Å². The quantitative estimate of drug-likeness (QED) is 0.817. The van der Waals surface area contributed by atoms with Crippen molar-refractivity contribution in [3.63, 3.8) is 0 Å². The van der Waals surface area contributed by atoms with Crippen molar-refractivity contribution in [3.8, 4) is 0 Å². The third-order valence-electron chi connectivity index (χ3n) is 5.05. The number of carbonyl (C=O) groups excluding carboxylic acids is 1. The molecule has 1 amide bonds. The van der Waals surface area contributed by atoms with Crippen molar-refractivity contribution in [2.45, 2.75) is 56.7 Å². The number of rotatable bonds is 3. The summed E-state index contributed by atoms with van der Waals surface area (Å²) in [7, 11) is -3.42. The summed E-state index contributed by atoms with van der Waals surface area (Å²) in [6.07, 6.45) is 5.03. The molecule has 1 heterocycles. The Balaban J connectivity index is 2.12. The summed E-state index contributed by atoms with van der Waals surface area (Å²) in [4.78, 5) is 12.7. The molecule has 2 N–H and O–H groups in total. The van der Waals surface area contributed by atoms with Crippen LogP contribution in [-0.2, 0) is 14.6 Å². The second-order valence-corrected chi connectivity index (χ2v) is 9.43. The maximum absolute atomic E-state index is 12.7. The van der Waals surface area contributed by atoms with Gasteiger partial charge in [0.2, 0.25) is 5.91 Å². The smallest absolute Gasteiger partial charge is 0.241 e. The van der Waals surface area contributed by atoms with Crippen LogP contribution in [0.15, 0.2) is 0 Å². The predicted molar refractivity (Wildman–Crippen MR) is 83.8 cm³/mol. The highest BCUT2D eigenvalue weighted by molar-refractivity contribution is 7.92. The van der Waals surface area contributed by atoms with Crippen LogP contribution >= 0.6 is 0 Å². The molecule has 0 radical (unpaired) electrons. The van der Waals surface area contributed by atoms with Crippen molar-refractivity contribution >= 4 is 15.7 Å². The summed E-state index contributed by atoms with van der Waals surface area (Å²) in [6.45, 7) is 5.56. The minimum absolute atomic E-state index is 0.116. The Morgan fingerprint density at radius 3 is 2.10 bits per heavy atom. The van der Waals surface area contributed by atoms with E-state index in [0.717, 1.165) is 12.8 Å². The van der Waals surface area contributed by atoms with Crippen LogP contribution in [0.25, 0.3) is 0 Å². The molecule has 2 rings (SSSR count). The van der Waals surface area contributed by atoms with Crippen LogP contribution in [0.5, 0.6) is 0 Å². The van der Waals surface area contributed by atoms with Gasteiger partial charge in [-0.2, -0.15) is 0 Å². The first-order valence-electron chi connectivity index (χ1n) is 7.96. The first-order valence-corrected chi connectivity index (χ1v) is 9.85. The number of nitrogens with one attached hydrogen (secondary N) is 2. The van der Waals surface area contributed by atoms with E-state index in [9.17, 15) is 13.2 Å². The molecule has 0 aromatic heterocycles. The van der Waals surface area contributed by atoms with Crippen LogP contribution in [-0.4, -0.2) is 44.5 Å². The Morgan fingerprint density at radius 2 is 1.62 bits per heavy atom. The molecule has 2 aliphatic rings. The van der Waals surface area contributed by atoms with Gasteiger partial charge >= 0.3 is 0 Å². The molecule has 0 aromatic carbocycles. The van der Waals surface area contributed by atoms with Gasteiger partial charge in [0.05, 0.1) is 0 Å². The van der Waals surface area contributed by atoms with E-state index < -0.39 is 14.6 Å². The van der Waals surface area contributed by atoms with Crippen molar-refractivity contribution < 1.29 is 13.2 Å². The fourth-order valence-corrected chi connectivity index (χ4v) is 5.32. The van der Waals surface area contributed by atoms with Gasteiger partial charge < -0.3 is 10.6 Å². The predicted octanol–water partition coefficient (Wildman–Crippen LogP) is 1.09. The van der Waals surface area contributed by atoms with Gasteiger partial charge in [-0.3, -0.25) is 4.79 Å². The number of carbonyl (C=O) groups is 1. The molecule has 1 aliphatic heterocycles. The molecule has 1 saturated carbocycles. The van der Waals surface area contributed by atoms with Gasteiger partial charge in [0.1, 0.15) is 0 Å². The lowest BCUT2D eigenvalue weighted by Gasteiger charge is -2.38. The van der Waals surface area contributed by atoms with Crippen molar-refractivity contribution in [3.05, 3.63) is 0 Å². The molecule has 6 heteroatoms. The molecule has 5 nitrogen and oxygen atoms in total. The Labute approximate surface area is 128 Å². The Hall–Kier alpha value is -0.620. The third kappa shape index (κ3) is 3.59. The molecular weight excluding hydrogens is 288 g/mol. The number of amides is 1. The van der Waals surface area contributed by atoms with E-state index in [1.54, 1.807) is 0 Å². The highest BCUT2D eigenvalue weighted by atomic mass is 32.2. The summed E-state index contributed by atoms with van der Waals surface area (Å²) in [5, 5.41) is 6.19. The van der Waals surface area contributed by atoms with Gasteiger partial charge in [0.25, 0.3) is 0 Å². The fourth-order valence-electron chi connectivity index (χ4n) is 3.98. The minimum atomic E-state index is -3.42. The topological polar surface area (TPSA) is 75.3 Å². The molecule has 0 spiro atoms. The minimum Gasteiger partial charge on any atom is -0.352 e. The zero-order valence-electron chi connectivity index (χ0n) is 13.3. The van der Waals surface area contributed by atoms with E-state index in [1.807, 2.05) is 0 Å². The van der Waals surface area contributed by atoms with E-state index in [0.29, 0.717) is 37.8 Å². The van der Waals surface area contributed by atoms with Crippen LogP contribution in [0.3, 0.4) is 0 Å². The van der Waals surface area contributed by atoms with Crippen LogP contribution in [0.4, 0.5) is 0 Å². The largest absolute Gasteiger partial charge is 0.352 e. The van der Waals surface area contributed by atoms with Crippen molar-refractivity contribution in [2.75, 3.05) is 19.3 Å². The standard InChI is InChI=1S/C15H28N2O3S/c1-11-8-12(2)10-13(9-11)17-14(18)15(21(3,19)20)4-6-16-7-5-15/h11-13,16H,4-10H2,1-3H3,(H,17,18). The lowest BCUT2D eigenvalue weighted by molar-refractivity contribution is -0.125. The molecule has 2 atom stereocenters. The monoisotopic (exact) mass is 316 g/mol. The average molecular weight is 316 g/mol. The van der Waals surface area contributed by atoms with E-state index in [2.05, 4.69) is 24.5 Å². The molecule has 2 fully saturated rings. The number of hydrogen-bond donors (Lipinski definition) is 2. The second-order valence-electron chi connectivity index (χ2n) is 7.10. The highest BCUT2D eigenvalue weighted by Crippen LogP contribution is 2.31. The molecule has 0 bridgehead atoms. The van der Waals surface area contributed by atoms with E-state index in [4.69, 9.17) is 0 Å². The zero-order chi connectivity index (χ0) is 15.7. The lowest BCUT2D eigenvalue weighted by atomic mass is 9.80. The molecule has 122 valence electrons. The van der Waals surface area contributed by atoms with Gasteiger partial charge in [-0.25, -0.2) is 8.42 Å². The van der Waals surface area contributed by atoms with Crippen LogP contribution in [0, 0.1) is 11.8 Å². The van der Waals surface area contributed by atoms with Crippen molar-refractivity contribution in [2.24, 2.45) is 11.8 Å². The number of hydrogen-bond acceptors (Lipinski definition) is 4. The SMILES string of the molecule is CC1CC(C)CC(NC(=O)C2(S(C)(=O)=O)CCNCC2)C1. The van der Waals surface area contributed by atoms with E-state index in [1.165, 1.54) is 12.7 Å². The average Bonchev–Trinajstić information content (AvgIpc) is 2.37. The molecule has 0 aromatic rings. The number of piperidine rings is 1. The maximum atomic E-state index is 12.7. The Kier molecular flexibility index (Phi) is 4.98. The van der Waals surface area contributed by atoms with Crippen LogP contribution < -0.4 is 10.6 Å². The Bertz CT molecular complexity index is 473. The third-order valence-corrected chi connectivity index (χ3v) is 7.06. The lowest BCUT2D eigenvalue weighted by Crippen LogP contribution is -2.59. The van der Waals surface area contributed by atoms with Gasteiger partial charge in [-0.05, 0) is 57.0 Å². The summed E-state index contributed by atoms with van der Waals surface area (Å²) in [5.41, 5.74) is 0. The molecule has 21 heavy (non-hydrogen) atoms. The van der Waals surface area contributed by atoms with E-state index >= 15 is 0 Å². The van der Waals surface area contributed by atoms with E-state index in [-0.39, 0.29) is 11.9 Å². The summed E-state index contributed by atoms with van der Waals surface area (Å²) in [6, 6.07) is 0.116. The highest BCUT2D eigenvalue weighted by Gasteiger charge is 2.49. The summed E-state index contributed by atoms with van der Waals surface area (Å²) in [5.74, 6) is 0.889. The molecule has 1 saturated heterocycles. The van der Waals surface area contributed by atoms with Crippen LogP contribution in [0.1, 0.15) is 46.0 Å². The van der Waals surface area contributed by atoms with Gasteiger partial charge in [0, 0.05) is 12.3 Å².